The second-order valence-corrected chi connectivity index (χ2v) is 9.03. The van der Waals surface area contributed by atoms with Gasteiger partial charge < -0.3 is 20.1 Å². The molecule has 34 heavy (non-hydrogen) atoms. The second kappa shape index (κ2) is 11.1. The van der Waals surface area contributed by atoms with Crippen LogP contribution in [0.5, 0.6) is 0 Å². The molecule has 2 aliphatic rings. The number of aliphatic imine (C=N–C) groups is 1. The molecule has 1 aliphatic carbocycles. The monoisotopic (exact) mass is 464 g/mol. The van der Waals surface area contributed by atoms with Crippen LogP contribution in [0, 0.1) is 5.92 Å². The lowest BCUT2D eigenvalue weighted by Gasteiger charge is -2.30. The Bertz CT molecular complexity index is 1000. The molecule has 1 saturated carbocycles. The van der Waals surface area contributed by atoms with Gasteiger partial charge in [-0.2, -0.15) is 0 Å². The minimum atomic E-state index is -0.984. The molecule has 0 spiro atoms. The van der Waals surface area contributed by atoms with Gasteiger partial charge in [0.25, 0.3) is 0 Å². The van der Waals surface area contributed by atoms with Crippen molar-refractivity contribution < 1.29 is 19.4 Å². The number of aromatic nitrogens is 1. The van der Waals surface area contributed by atoms with Crippen molar-refractivity contribution >= 4 is 23.6 Å². The molecule has 4 rings (SSSR count). The van der Waals surface area contributed by atoms with Gasteiger partial charge in [-0.25, -0.2) is 14.8 Å². The van der Waals surface area contributed by atoms with Crippen LogP contribution in [0.4, 0.5) is 5.82 Å². The minimum Gasteiger partial charge on any atom is -0.480 e. The second-order valence-electron chi connectivity index (χ2n) is 9.03. The van der Waals surface area contributed by atoms with E-state index in [1.54, 1.807) is 13.2 Å². The molecule has 8 heteroatoms. The normalized spacial score (nSPS) is 19.1. The number of amides is 1. The quantitative estimate of drug-likeness (QED) is 0.590. The number of nitrogens with one attached hydrogen (secondary N) is 1. The number of hydrogen-bond donors (Lipinski definition) is 2. The zero-order valence-electron chi connectivity index (χ0n) is 19.5. The number of carbonyl (C=O) groups excluding carboxylic acids is 1. The van der Waals surface area contributed by atoms with Gasteiger partial charge in [0.15, 0.2) is 0 Å². The first-order valence-electron chi connectivity index (χ1n) is 12.0. The van der Waals surface area contributed by atoms with Crippen LogP contribution in [0.3, 0.4) is 0 Å². The van der Waals surface area contributed by atoms with Crippen molar-refractivity contribution in [2.24, 2.45) is 10.9 Å². The fourth-order valence-electron chi connectivity index (χ4n) is 4.56. The first-order valence-corrected chi connectivity index (χ1v) is 12.0. The molecule has 180 valence electrons. The van der Waals surface area contributed by atoms with Gasteiger partial charge in [0.2, 0.25) is 11.8 Å². The number of pyridine rings is 1. The van der Waals surface area contributed by atoms with E-state index < -0.39 is 12.0 Å². The lowest BCUT2D eigenvalue weighted by Crippen LogP contribution is -2.46. The summed E-state index contributed by atoms with van der Waals surface area (Å²) in [6.07, 6.45) is 6.93. The highest BCUT2D eigenvalue weighted by Crippen LogP contribution is 2.26. The first-order chi connectivity index (χ1) is 16.5. The number of carboxylic acids is 1. The van der Waals surface area contributed by atoms with Crippen molar-refractivity contribution in [3.8, 4) is 0 Å². The van der Waals surface area contributed by atoms with Gasteiger partial charge in [0, 0.05) is 37.7 Å². The number of hydrogen-bond acceptors (Lipinski definition) is 6. The number of benzene rings is 1. The molecule has 0 bridgehead atoms. The van der Waals surface area contributed by atoms with Gasteiger partial charge in [-0.05, 0) is 42.7 Å². The molecule has 2 heterocycles. The van der Waals surface area contributed by atoms with E-state index >= 15 is 0 Å². The Morgan fingerprint density at radius 2 is 1.91 bits per heavy atom. The maximum absolute atomic E-state index is 12.9. The van der Waals surface area contributed by atoms with Crippen molar-refractivity contribution in [2.75, 3.05) is 25.5 Å². The molecule has 1 amide bonds. The number of anilines is 1. The molecule has 2 atom stereocenters. The van der Waals surface area contributed by atoms with E-state index in [-0.39, 0.29) is 24.3 Å². The summed E-state index contributed by atoms with van der Waals surface area (Å²) in [5.74, 6) is 0.292. The number of rotatable bonds is 9. The van der Waals surface area contributed by atoms with E-state index in [4.69, 9.17) is 4.74 Å². The van der Waals surface area contributed by atoms with E-state index in [0.717, 1.165) is 49.0 Å². The molecule has 0 radical (unpaired) electrons. The van der Waals surface area contributed by atoms with Crippen molar-refractivity contribution in [1.29, 1.82) is 0 Å². The molecular weight excluding hydrogens is 432 g/mol. The molecule has 1 aromatic heterocycles. The molecular formula is C26H32N4O4. The number of nitrogens with zero attached hydrogens (tertiary/aromatic N) is 3. The van der Waals surface area contributed by atoms with Crippen LogP contribution in [0.1, 0.15) is 43.2 Å². The molecule has 2 N–H and O–H groups in total. The largest absolute Gasteiger partial charge is 0.480 e. The minimum absolute atomic E-state index is 0.00692. The number of aliphatic carboxylic acids is 1. The zero-order chi connectivity index (χ0) is 23.9. The van der Waals surface area contributed by atoms with Gasteiger partial charge >= 0.3 is 5.97 Å². The summed E-state index contributed by atoms with van der Waals surface area (Å²) in [5, 5.41) is 13.1. The topological polar surface area (TPSA) is 104 Å². The molecule has 0 saturated heterocycles. The fourth-order valence-corrected chi connectivity index (χ4v) is 4.56. The predicted octanol–water partition coefficient (Wildman–Crippen LogP) is 3.37. The average molecular weight is 465 g/mol. The summed E-state index contributed by atoms with van der Waals surface area (Å²) >= 11 is 0. The number of carbonyl (C=O) groups is 2. The number of ether oxygens (including phenoxy) is 1. The van der Waals surface area contributed by atoms with Gasteiger partial charge in [-0.3, -0.25) is 4.79 Å². The van der Waals surface area contributed by atoms with Gasteiger partial charge in [-0.15, -0.1) is 0 Å². The van der Waals surface area contributed by atoms with Crippen LogP contribution in [0.15, 0.2) is 53.7 Å². The third-order valence-electron chi connectivity index (χ3n) is 6.58. The lowest BCUT2D eigenvalue weighted by molar-refractivity contribution is -0.151. The predicted molar refractivity (Wildman–Crippen MR) is 130 cm³/mol. The molecule has 1 aliphatic heterocycles. The highest BCUT2D eigenvalue weighted by molar-refractivity contribution is 5.95. The Labute approximate surface area is 200 Å². The fraction of sp³-hybridized carbons (Fsp3) is 0.462. The summed E-state index contributed by atoms with van der Waals surface area (Å²) in [7, 11) is 1.62. The van der Waals surface area contributed by atoms with Crippen LogP contribution in [0.2, 0.25) is 0 Å². The van der Waals surface area contributed by atoms with Gasteiger partial charge in [0.05, 0.1) is 0 Å². The third kappa shape index (κ3) is 5.92. The van der Waals surface area contributed by atoms with Gasteiger partial charge in [-0.1, -0.05) is 37.5 Å². The molecule has 2 unspecified atom stereocenters. The molecule has 8 nitrogen and oxygen atoms in total. The standard InChI is InChI=1S/C26H32N4O4/c1-30(25(31)20-7-3-2-4-8-20)22(26(32)33)15-18-10-12-19(13-11-18)24-29-21(17-34-24)16-28-23-9-5-6-14-27-23/h5-6,9-14,20-22H,2-4,7-8,15-17H2,1H3,(H,27,28)(H,32,33). The summed E-state index contributed by atoms with van der Waals surface area (Å²) in [6.45, 7) is 1.12. The Morgan fingerprint density at radius 1 is 1.15 bits per heavy atom. The maximum Gasteiger partial charge on any atom is 0.326 e. The van der Waals surface area contributed by atoms with E-state index in [0.29, 0.717) is 19.0 Å². The van der Waals surface area contributed by atoms with E-state index in [1.807, 2.05) is 42.5 Å². The van der Waals surface area contributed by atoms with Crippen molar-refractivity contribution in [3.05, 3.63) is 59.8 Å². The molecule has 1 fully saturated rings. The SMILES string of the molecule is CN(C(=O)C1CCCCC1)C(Cc1ccc(C2=NC(CNc3ccccn3)CO2)cc1)C(=O)O. The van der Waals surface area contributed by atoms with Crippen LogP contribution in [-0.4, -0.2) is 65.0 Å². The van der Waals surface area contributed by atoms with E-state index in [1.165, 1.54) is 4.90 Å². The van der Waals surface area contributed by atoms with Crippen LogP contribution >= 0.6 is 0 Å². The van der Waals surface area contributed by atoms with E-state index in [9.17, 15) is 14.7 Å². The zero-order valence-corrected chi connectivity index (χ0v) is 19.5. The number of carboxylic acid groups (broad SMARTS) is 1. The van der Waals surface area contributed by atoms with Crippen molar-refractivity contribution in [2.45, 2.75) is 50.6 Å². The van der Waals surface area contributed by atoms with Crippen molar-refractivity contribution in [3.63, 3.8) is 0 Å². The molecule has 1 aromatic carbocycles. The Kier molecular flexibility index (Phi) is 7.77. The molecule has 2 aromatic rings. The maximum atomic E-state index is 12.9. The summed E-state index contributed by atoms with van der Waals surface area (Å²) < 4.78 is 5.78. The van der Waals surface area contributed by atoms with Crippen LogP contribution < -0.4 is 5.32 Å². The Morgan fingerprint density at radius 3 is 2.59 bits per heavy atom. The highest BCUT2D eigenvalue weighted by atomic mass is 16.5. The summed E-state index contributed by atoms with van der Waals surface area (Å²) in [4.78, 5) is 35.1. The van der Waals surface area contributed by atoms with Crippen LogP contribution in [-0.2, 0) is 20.7 Å². The third-order valence-corrected chi connectivity index (χ3v) is 6.58. The first kappa shape index (κ1) is 23.7. The van der Waals surface area contributed by atoms with Gasteiger partial charge in [0.1, 0.15) is 24.5 Å². The summed E-state index contributed by atoms with van der Waals surface area (Å²) in [5.41, 5.74) is 1.70. The van der Waals surface area contributed by atoms with Crippen LogP contribution in [0.25, 0.3) is 0 Å². The number of likely N-dealkylation sites (N-methyl/N-ethyl adjacent to an activating group) is 1. The highest BCUT2D eigenvalue weighted by Gasteiger charge is 2.32. The summed E-state index contributed by atoms with van der Waals surface area (Å²) in [6, 6.07) is 12.4. The average Bonchev–Trinajstić information content (AvgIpc) is 3.35. The van der Waals surface area contributed by atoms with Crippen molar-refractivity contribution in [1.82, 2.24) is 9.88 Å². The smallest absolute Gasteiger partial charge is 0.326 e. The Balaban J connectivity index is 1.35. The van der Waals surface area contributed by atoms with E-state index in [2.05, 4.69) is 15.3 Å². The Hall–Kier alpha value is -3.42. The lowest BCUT2D eigenvalue weighted by atomic mass is 9.88.